The molecular weight excluding hydrogens is 797 g/mol. The quantitative estimate of drug-likeness (QED) is 0.150. The fourth-order valence-corrected chi connectivity index (χ4v) is 7.91. The molecule has 0 saturated carbocycles. The molecule has 1 aromatic heterocycles. The zero-order chi connectivity index (χ0) is 30.7. The molecule has 43 heavy (non-hydrogen) atoms. The molecule has 0 aliphatic carbocycles. The fourth-order valence-electron chi connectivity index (χ4n) is 4.74. The van der Waals surface area contributed by atoms with Crippen LogP contribution in [0.1, 0.15) is 43.5 Å². The van der Waals surface area contributed by atoms with E-state index in [0.29, 0.717) is 44.3 Å². The second kappa shape index (κ2) is 13.7. The molecule has 11 heteroatoms. The lowest BCUT2D eigenvalue weighted by Gasteiger charge is -2.24. The van der Waals surface area contributed by atoms with E-state index in [0.717, 1.165) is 18.3 Å². The fraction of sp³-hybridized carbons (Fsp3) is 0.219. The highest BCUT2D eigenvalue weighted by molar-refractivity contribution is 14.1. The maximum atomic E-state index is 14.1. The van der Waals surface area contributed by atoms with Gasteiger partial charge in [0.15, 0.2) is 4.80 Å². The van der Waals surface area contributed by atoms with Crippen LogP contribution in [0.25, 0.3) is 6.08 Å². The van der Waals surface area contributed by atoms with Gasteiger partial charge >= 0.3 is 5.97 Å². The van der Waals surface area contributed by atoms with Gasteiger partial charge in [-0.15, -0.1) is 0 Å². The molecule has 0 fully saturated rings. The Morgan fingerprint density at radius 2 is 1.74 bits per heavy atom. The van der Waals surface area contributed by atoms with Gasteiger partial charge in [0.1, 0.15) is 23.9 Å². The highest BCUT2D eigenvalue weighted by Crippen LogP contribution is 2.32. The summed E-state index contributed by atoms with van der Waals surface area (Å²) in [4.78, 5) is 32.2. The van der Waals surface area contributed by atoms with Crippen molar-refractivity contribution >= 4 is 68.6 Å². The van der Waals surface area contributed by atoms with Gasteiger partial charge < -0.3 is 14.2 Å². The Hall–Kier alpha value is -3.04. The van der Waals surface area contributed by atoms with Crippen LogP contribution in [0.4, 0.5) is 4.39 Å². The molecule has 0 radical (unpaired) electrons. The number of fused-ring (bicyclic) bond motifs is 1. The predicted molar refractivity (Wildman–Crippen MR) is 181 cm³/mol. The number of carbonyl (C=O) groups is 1. The molecule has 2 heterocycles. The number of thiazole rings is 1. The van der Waals surface area contributed by atoms with E-state index in [1.165, 1.54) is 17.4 Å². The number of carbonyl (C=O) groups excluding carboxylic acids is 1. The molecule has 0 N–H and O–H groups in total. The van der Waals surface area contributed by atoms with Gasteiger partial charge in [-0.2, -0.15) is 0 Å². The average Bonchev–Trinajstić information content (AvgIpc) is 3.27. The van der Waals surface area contributed by atoms with Crippen molar-refractivity contribution in [3.05, 3.63) is 121 Å². The van der Waals surface area contributed by atoms with Crippen LogP contribution >= 0.6 is 56.5 Å². The summed E-state index contributed by atoms with van der Waals surface area (Å²) in [5.74, 6) is 0.521. The lowest BCUT2D eigenvalue weighted by atomic mass is 9.96. The third-order valence-corrected chi connectivity index (χ3v) is 9.26. The Morgan fingerprint density at radius 3 is 2.40 bits per heavy atom. The average molecular weight is 824 g/mol. The van der Waals surface area contributed by atoms with Gasteiger partial charge in [0.05, 0.1) is 42.2 Å². The van der Waals surface area contributed by atoms with Crippen LogP contribution in [-0.4, -0.2) is 23.8 Å². The van der Waals surface area contributed by atoms with Crippen LogP contribution in [-0.2, 0) is 16.1 Å². The number of allylic oxidation sites excluding steroid dienone is 1. The topological polar surface area (TPSA) is 79.1 Å². The molecule has 0 unspecified atom stereocenters. The first-order valence-electron chi connectivity index (χ1n) is 13.5. The van der Waals surface area contributed by atoms with Crippen LogP contribution in [0.5, 0.6) is 11.5 Å². The number of esters is 1. The normalized spacial score (nSPS) is 14.7. The minimum Gasteiger partial charge on any atom is -0.494 e. The van der Waals surface area contributed by atoms with Crippen LogP contribution < -0.4 is 24.4 Å². The second-order valence-electron chi connectivity index (χ2n) is 9.50. The number of benzene rings is 3. The summed E-state index contributed by atoms with van der Waals surface area (Å²) in [6.07, 6.45) is 1.81. The first-order chi connectivity index (χ1) is 20.7. The Labute approximate surface area is 279 Å². The summed E-state index contributed by atoms with van der Waals surface area (Å²) in [6.45, 7) is 6.24. The van der Waals surface area contributed by atoms with Crippen LogP contribution in [0.3, 0.4) is 0 Å². The number of hydrogen-bond acceptors (Lipinski definition) is 7. The summed E-state index contributed by atoms with van der Waals surface area (Å²) >= 11 is 5.62. The largest absolute Gasteiger partial charge is 0.494 e. The Kier molecular flexibility index (Phi) is 10.0. The Morgan fingerprint density at radius 1 is 1.05 bits per heavy atom. The van der Waals surface area contributed by atoms with E-state index < -0.39 is 12.0 Å². The van der Waals surface area contributed by atoms with Crippen molar-refractivity contribution in [2.75, 3.05) is 13.2 Å². The zero-order valence-electron chi connectivity index (χ0n) is 23.5. The molecule has 0 amide bonds. The monoisotopic (exact) mass is 824 g/mol. The van der Waals surface area contributed by atoms with Gasteiger partial charge in [-0.3, -0.25) is 9.36 Å². The van der Waals surface area contributed by atoms with Gasteiger partial charge in [0, 0.05) is 5.56 Å². The molecule has 1 atom stereocenters. The highest BCUT2D eigenvalue weighted by Gasteiger charge is 2.33. The van der Waals surface area contributed by atoms with Crippen molar-refractivity contribution in [2.24, 2.45) is 4.99 Å². The van der Waals surface area contributed by atoms with Crippen LogP contribution in [0, 0.1) is 13.0 Å². The van der Waals surface area contributed by atoms with Gasteiger partial charge in [-0.1, -0.05) is 41.7 Å². The Bertz CT molecular complexity index is 1880. The van der Waals surface area contributed by atoms with E-state index in [9.17, 15) is 14.0 Å². The van der Waals surface area contributed by atoms with Crippen molar-refractivity contribution in [1.29, 1.82) is 0 Å². The van der Waals surface area contributed by atoms with Gasteiger partial charge in [0.2, 0.25) is 0 Å². The maximum Gasteiger partial charge on any atom is 0.338 e. The van der Waals surface area contributed by atoms with E-state index in [1.54, 1.807) is 36.6 Å². The molecule has 3 aromatic carbocycles. The first kappa shape index (κ1) is 31.4. The van der Waals surface area contributed by atoms with Crippen molar-refractivity contribution in [1.82, 2.24) is 4.57 Å². The maximum absolute atomic E-state index is 14.1. The SMILES string of the molecule is CCOC(=O)C1=C(C)N=c2s/c(=C/c3cc(I)c(OCc4ccccc4F)c(I)c3)c(=O)n2[C@H]1c1ccc(OCC)cc1. The van der Waals surface area contributed by atoms with Crippen molar-refractivity contribution in [2.45, 2.75) is 33.4 Å². The van der Waals surface area contributed by atoms with Gasteiger partial charge in [-0.25, -0.2) is 14.2 Å². The highest BCUT2D eigenvalue weighted by atomic mass is 127. The number of rotatable bonds is 9. The molecule has 4 aromatic rings. The van der Waals surface area contributed by atoms with Gasteiger partial charge in [-0.05, 0) is 113 Å². The van der Waals surface area contributed by atoms with E-state index in [2.05, 4.69) is 50.2 Å². The summed E-state index contributed by atoms with van der Waals surface area (Å²) in [7, 11) is 0. The molecule has 7 nitrogen and oxygen atoms in total. The Balaban J connectivity index is 1.55. The molecule has 0 saturated heterocycles. The number of ether oxygens (including phenoxy) is 3. The van der Waals surface area contributed by atoms with Crippen molar-refractivity contribution in [3.63, 3.8) is 0 Å². The first-order valence-corrected chi connectivity index (χ1v) is 16.5. The van der Waals surface area contributed by atoms with Crippen molar-refractivity contribution in [3.8, 4) is 11.5 Å². The number of nitrogens with zero attached hydrogens (tertiary/aromatic N) is 2. The molecule has 0 spiro atoms. The number of hydrogen-bond donors (Lipinski definition) is 0. The summed E-state index contributed by atoms with van der Waals surface area (Å²) in [5.41, 5.74) is 2.59. The second-order valence-corrected chi connectivity index (χ2v) is 12.8. The molecular formula is C32H27FI2N2O5S. The third-order valence-electron chi connectivity index (χ3n) is 6.67. The van der Waals surface area contributed by atoms with Gasteiger partial charge in [0.25, 0.3) is 5.56 Å². The van der Waals surface area contributed by atoms with Crippen LogP contribution in [0.15, 0.2) is 81.7 Å². The summed E-state index contributed by atoms with van der Waals surface area (Å²) in [5, 5.41) is 0. The summed E-state index contributed by atoms with van der Waals surface area (Å²) < 4.78 is 34.7. The molecule has 222 valence electrons. The van der Waals surface area contributed by atoms with E-state index in [-0.39, 0.29) is 24.6 Å². The minimum absolute atomic E-state index is 0.102. The third kappa shape index (κ3) is 6.73. The molecule has 5 rings (SSSR count). The molecule has 1 aliphatic rings. The lowest BCUT2D eigenvalue weighted by Crippen LogP contribution is -2.39. The molecule has 1 aliphatic heterocycles. The van der Waals surface area contributed by atoms with Crippen LogP contribution in [0.2, 0.25) is 0 Å². The van der Waals surface area contributed by atoms with E-state index in [4.69, 9.17) is 14.2 Å². The lowest BCUT2D eigenvalue weighted by molar-refractivity contribution is -0.139. The van der Waals surface area contributed by atoms with E-state index in [1.807, 2.05) is 49.4 Å². The summed E-state index contributed by atoms with van der Waals surface area (Å²) in [6, 6.07) is 17.0. The van der Waals surface area contributed by atoms with E-state index >= 15 is 0 Å². The predicted octanol–water partition coefficient (Wildman–Crippen LogP) is 6.12. The number of halogens is 3. The standard InChI is InChI=1S/C32H27FI2N2O5S/c1-4-40-22-12-10-20(11-13-22)28-27(31(39)41-5-2)18(3)36-32-37(28)30(38)26(43-32)16-19-14-24(34)29(25(35)15-19)42-17-21-8-6-7-9-23(21)33/h6-16,28H,4-5,17H2,1-3H3/b26-16+/t28-/m0/s1. The molecule has 0 bridgehead atoms. The smallest absolute Gasteiger partial charge is 0.338 e. The minimum atomic E-state index is -0.706. The number of aromatic nitrogens is 1. The zero-order valence-corrected chi connectivity index (χ0v) is 28.7. The van der Waals surface area contributed by atoms with Crippen molar-refractivity contribution < 1.29 is 23.4 Å².